The normalized spacial score (nSPS) is 45.9. The highest BCUT2D eigenvalue weighted by Gasteiger charge is 2.49. The molecule has 1 unspecified atom stereocenters. The third kappa shape index (κ3) is 1.65. The molecule has 0 aromatic rings. The molecule has 0 amide bonds. The van der Waals surface area contributed by atoms with Crippen LogP contribution >= 0.6 is 0 Å². The number of carbonyl (C=O) groups excluding carboxylic acids is 1. The monoisotopic (exact) mass is 216 g/mol. The van der Waals surface area contributed by atoms with Crippen LogP contribution in [-0.2, 0) is 14.3 Å². The van der Waals surface area contributed by atoms with Gasteiger partial charge < -0.3 is 24.8 Å². The fraction of sp³-hybridized carbons (Fsp3) is 0.667. The number of aliphatic hydroxyl groups excluding tert-OH is 3. The minimum atomic E-state index is -1.45. The molecule has 2 aliphatic heterocycles. The number of carbonyl (C=O) groups is 1. The fourth-order valence-corrected chi connectivity index (χ4v) is 1.76. The lowest BCUT2D eigenvalue weighted by Crippen LogP contribution is -2.38. The van der Waals surface area contributed by atoms with Gasteiger partial charge in [-0.05, 0) is 0 Å². The Bertz CT molecular complexity index is 285. The Morgan fingerprint density at radius 3 is 2.33 bits per heavy atom. The molecule has 0 saturated carbocycles. The molecule has 2 aliphatic rings. The minimum absolute atomic E-state index is 0.236. The second kappa shape index (κ2) is 3.57. The predicted molar refractivity (Wildman–Crippen MR) is 46.5 cm³/mol. The second-order valence-electron chi connectivity index (χ2n) is 3.72. The van der Waals surface area contributed by atoms with Crippen LogP contribution in [0.15, 0.2) is 12.2 Å². The first kappa shape index (κ1) is 10.6. The van der Waals surface area contributed by atoms with Crippen LogP contribution in [0.3, 0.4) is 0 Å². The third-order valence-electron chi connectivity index (χ3n) is 2.64. The van der Waals surface area contributed by atoms with Crippen molar-refractivity contribution in [3.63, 3.8) is 0 Å². The van der Waals surface area contributed by atoms with Gasteiger partial charge in [-0.2, -0.15) is 0 Å². The lowest BCUT2D eigenvalue weighted by atomic mass is 10.0. The van der Waals surface area contributed by atoms with Crippen molar-refractivity contribution in [1.29, 1.82) is 0 Å². The Hall–Kier alpha value is -0.950. The first-order valence-corrected chi connectivity index (χ1v) is 4.59. The molecule has 6 heteroatoms. The zero-order chi connectivity index (χ0) is 11.2. The molecule has 0 aromatic heterocycles. The zero-order valence-corrected chi connectivity index (χ0v) is 7.87. The smallest absolute Gasteiger partial charge is 0.333 e. The van der Waals surface area contributed by atoms with E-state index in [1.54, 1.807) is 0 Å². The van der Waals surface area contributed by atoms with Gasteiger partial charge in [0.15, 0.2) is 6.29 Å². The summed E-state index contributed by atoms with van der Waals surface area (Å²) in [5, 5.41) is 27.9. The van der Waals surface area contributed by atoms with Gasteiger partial charge in [0.1, 0.15) is 24.4 Å². The van der Waals surface area contributed by atoms with Crippen LogP contribution in [0.2, 0.25) is 0 Å². The molecule has 84 valence electrons. The van der Waals surface area contributed by atoms with E-state index in [0.717, 1.165) is 0 Å². The summed E-state index contributed by atoms with van der Waals surface area (Å²) in [7, 11) is 0. The molecule has 2 rings (SSSR count). The van der Waals surface area contributed by atoms with Crippen molar-refractivity contribution in [2.75, 3.05) is 0 Å². The molecule has 2 saturated heterocycles. The Morgan fingerprint density at radius 1 is 1.27 bits per heavy atom. The highest BCUT2D eigenvalue weighted by Crippen LogP contribution is 2.30. The summed E-state index contributed by atoms with van der Waals surface area (Å²) in [6.45, 7) is 3.48. The number of aliphatic hydroxyl groups is 3. The largest absolute Gasteiger partial charge is 0.456 e. The van der Waals surface area contributed by atoms with Gasteiger partial charge in [-0.15, -0.1) is 0 Å². The van der Waals surface area contributed by atoms with Crippen LogP contribution in [0.4, 0.5) is 0 Å². The van der Waals surface area contributed by atoms with E-state index in [1.807, 2.05) is 0 Å². The molecule has 6 nitrogen and oxygen atoms in total. The van der Waals surface area contributed by atoms with Crippen molar-refractivity contribution in [2.24, 2.45) is 0 Å². The fourth-order valence-electron chi connectivity index (χ4n) is 1.76. The lowest BCUT2D eigenvalue weighted by Gasteiger charge is -2.19. The average Bonchev–Trinajstić information content (AvgIpc) is 2.63. The van der Waals surface area contributed by atoms with Gasteiger partial charge in [0.25, 0.3) is 0 Å². The van der Waals surface area contributed by atoms with Gasteiger partial charge in [-0.3, -0.25) is 0 Å². The number of hydrogen-bond acceptors (Lipinski definition) is 6. The van der Waals surface area contributed by atoms with Crippen molar-refractivity contribution in [1.82, 2.24) is 0 Å². The van der Waals surface area contributed by atoms with E-state index < -0.39 is 36.7 Å². The Labute approximate surface area is 85.7 Å². The quantitative estimate of drug-likeness (QED) is 0.357. The molecule has 2 fully saturated rings. The maximum atomic E-state index is 11.0. The Kier molecular flexibility index (Phi) is 2.51. The summed E-state index contributed by atoms with van der Waals surface area (Å²) in [6, 6.07) is 0. The molecule has 0 aliphatic carbocycles. The first-order chi connectivity index (χ1) is 7.00. The van der Waals surface area contributed by atoms with E-state index in [1.165, 1.54) is 0 Å². The maximum Gasteiger partial charge on any atom is 0.333 e. The summed E-state index contributed by atoms with van der Waals surface area (Å²) < 4.78 is 9.78. The van der Waals surface area contributed by atoms with Crippen LogP contribution < -0.4 is 0 Å². The summed E-state index contributed by atoms with van der Waals surface area (Å²) >= 11 is 0. The first-order valence-electron chi connectivity index (χ1n) is 4.59. The number of hydrogen-bond donors (Lipinski definition) is 3. The van der Waals surface area contributed by atoms with Crippen LogP contribution in [0, 0.1) is 0 Å². The molecule has 3 N–H and O–H groups in total. The average molecular weight is 216 g/mol. The van der Waals surface area contributed by atoms with Gasteiger partial charge in [0.05, 0.1) is 0 Å². The van der Waals surface area contributed by atoms with E-state index in [0.29, 0.717) is 5.57 Å². The van der Waals surface area contributed by atoms with Crippen molar-refractivity contribution in [3.05, 3.63) is 12.2 Å². The Morgan fingerprint density at radius 2 is 1.93 bits per heavy atom. The van der Waals surface area contributed by atoms with Gasteiger partial charge >= 0.3 is 5.97 Å². The molecule has 5 atom stereocenters. The number of esters is 1. The van der Waals surface area contributed by atoms with Crippen LogP contribution in [0.5, 0.6) is 0 Å². The topological polar surface area (TPSA) is 96.2 Å². The van der Waals surface area contributed by atoms with Crippen molar-refractivity contribution >= 4 is 5.97 Å². The van der Waals surface area contributed by atoms with Gasteiger partial charge in [0, 0.05) is 12.0 Å². The van der Waals surface area contributed by atoms with E-state index in [-0.39, 0.29) is 6.42 Å². The van der Waals surface area contributed by atoms with E-state index >= 15 is 0 Å². The number of rotatable bonds is 1. The molecular weight excluding hydrogens is 204 g/mol. The molecule has 0 bridgehead atoms. The second-order valence-corrected chi connectivity index (χ2v) is 3.72. The van der Waals surface area contributed by atoms with Gasteiger partial charge in [-0.1, -0.05) is 6.58 Å². The Balaban J connectivity index is 2.07. The SMILES string of the molecule is C=C1C[C@@H]([C@H]2OC(O)[C@H](O)[C@@H]2O)OC1=O. The van der Waals surface area contributed by atoms with Crippen molar-refractivity contribution < 1.29 is 29.6 Å². The number of cyclic esters (lactones) is 1. The van der Waals surface area contributed by atoms with Crippen molar-refractivity contribution in [3.8, 4) is 0 Å². The zero-order valence-electron chi connectivity index (χ0n) is 7.87. The molecular formula is C9H12O6. The molecule has 0 radical (unpaired) electrons. The van der Waals surface area contributed by atoms with E-state index in [9.17, 15) is 15.0 Å². The van der Waals surface area contributed by atoms with Crippen LogP contribution in [-0.4, -0.2) is 52.0 Å². The van der Waals surface area contributed by atoms with Crippen molar-refractivity contribution in [2.45, 2.75) is 37.1 Å². The molecule has 2 heterocycles. The van der Waals surface area contributed by atoms with Gasteiger partial charge in [0.2, 0.25) is 0 Å². The van der Waals surface area contributed by atoms with Gasteiger partial charge in [-0.25, -0.2) is 4.79 Å². The standard InChI is InChI=1S/C9H12O6/c1-3-2-4(14-8(3)12)7-5(10)6(11)9(13)15-7/h4-7,9-11,13H,1-2H2/t4-,5-,6+,7+,9?/m0/s1. The highest BCUT2D eigenvalue weighted by molar-refractivity contribution is 5.90. The maximum absolute atomic E-state index is 11.0. The summed E-state index contributed by atoms with van der Waals surface area (Å²) in [4.78, 5) is 11.0. The van der Waals surface area contributed by atoms with Crippen LogP contribution in [0.1, 0.15) is 6.42 Å². The van der Waals surface area contributed by atoms with E-state index in [4.69, 9.17) is 14.6 Å². The summed E-state index contributed by atoms with van der Waals surface area (Å²) in [5.41, 5.74) is 0.298. The van der Waals surface area contributed by atoms with Crippen LogP contribution in [0.25, 0.3) is 0 Å². The summed E-state index contributed by atoms with van der Waals surface area (Å²) in [6.07, 6.45) is -5.44. The molecule has 15 heavy (non-hydrogen) atoms. The van der Waals surface area contributed by atoms with E-state index in [2.05, 4.69) is 6.58 Å². The number of ether oxygens (including phenoxy) is 2. The summed E-state index contributed by atoms with van der Waals surface area (Å²) in [5.74, 6) is -0.535. The highest BCUT2D eigenvalue weighted by atomic mass is 16.7. The lowest BCUT2D eigenvalue weighted by molar-refractivity contribution is -0.161. The minimum Gasteiger partial charge on any atom is -0.456 e. The third-order valence-corrected chi connectivity index (χ3v) is 2.64. The molecule has 0 spiro atoms. The molecule has 0 aromatic carbocycles. The predicted octanol–water partition coefficient (Wildman–Crippen LogP) is -1.70.